The smallest absolute Gasteiger partial charge is 0.0902 e. The highest BCUT2D eigenvalue weighted by Crippen LogP contribution is 2.40. The van der Waals surface area contributed by atoms with Gasteiger partial charge in [-0.25, -0.2) is 0 Å². The lowest BCUT2D eigenvalue weighted by Crippen LogP contribution is -2.22. The third-order valence-corrected chi connectivity index (χ3v) is 4.47. The molecule has 1 aliphatic carbocycles. The zero-order chi connectivity index (χ0) is 14.0. The second kappa shape index (κ2) is 5.41. The molecule has 3 rings (SSSR count). The van der Waals surface area contributed by atoms with E-state index in [1.54, 1.807) is 0 Å². The Bertz CT molecular complexity index is 588. The minimum Gasteiger partial charge on any atom is -0.385 e. The van der Waals surface area contributed by atoms with Gasteiger partial charge in [-0.05, 0) is 55.7 Å². The molecular weight excluding hydrogens is 244 g/mol. The summed E-state index contributed by atoms with van der Waals surface area (Å²) < 4.78 is 0. The fourth-order valence-corrected chi connectivity index (χ4v) is 3.31. The molecule has 0 radical (unpaired) electrons. The number of aliphatic hydroxyl groups is 1. The van der Waals surface area contributed by atoms with E-state index in [0.717, 1.165) is 32.1 Å². The second-order valence-corrected chi connectivity index (χ2v) is 6.03. The van der Waals surface area contributed by atoms with Gasteiger partial charge in [-0.15, -0.1) is 0 Å². The maximum atomic E-state index is 10.9. The molecule has 20 heavy (non-hydrogen) atoms. The van der Waals surface area contributed by atoms with Crippen LogP contribution in [-0.2, 0) is 18.4 Å². The molecule has 1 N–H and O–H groups in total. The molecule has 2 aromatic carbocycles. The van der Waals surface area contributed by atoms with Gasteiger partial charge in [-0.1, -0.05) is 54.1 Å². The molecule has 0 heterocycles. The van der Waals surface area contributed by atoms with E-state index in [-0.39, 0.29) is 0 Å². The molecule has 104 valence electrons. The lowest BCUT2D eigenvalue weighted by Gasteiger charge is -2.24. The van der Waals surface area contributed by atoms with Gasteiger partial charge in [-0.2, -0.15) is 0 Å². The molecule has 0 spiro atoms. The maximum Gasteiger partial charge on any atom is 0.0902 e. The summed E-state index contributed by atoms with van der Waals surface area (Å²) in [6.07, 6.45) is 4.83. The molecule has 1 unspecified atom stereocenters. The van der Waals surface area contributed by atoms with Gasteiger partial charge in [0, 0.05) is 0 Å². The first kappa shape index (κ1) is 13.4. The first-order valence-electron chi connectivity index (χ1n) is 7.54. The Morgan fingerprint density at radius 1 is 1.10 bits per heavy atom. The quantitative estimate of drug-likeness (QED) is 0.881. The molecule has 2 aromatic rings. The van der Waals surface area contributed by atoms with E-state index in [4.69, 9.17) is 0 Å². The Hall–Kier alpha value is -1.60. The summed E-state index contributed by atoms with van der Waals surface area (Å²) in [5, 5.41) is 10.9. The van der Waals surface area contributed by atoms with Crippen LogP contribution in [0.3, 0.4) is 0 Å². The van der Waals surface area contributed by atoms with E-state index in [2.05, 4.69) is 49.4 Å². The van der Waals surface area contributed by atoms with Gasteiger partial charge < -0.3 is 5.11 Å². The number of benzene rings is 2. The van der Waals surface area contributed by atoms with Gasteiger partial charge in [0.25, 0.3) is 0 Å². The summed E-state index contributed by atoms with van der Waals surface area (Å²) in [4.78, 5) is 0. The van der Waals surface area contributed by atoms with E-state index < -0.39 is 5.60 Å². The molecule has 0 amide bonds. The zero-order valence-electron chi connectivity index (χ0n) is 12.1. The molecule has 0 fully saturated rings. The minimum absolute atomic E-state index is 0.601. The fourth-order valence-electron chi connectivity index (χ4n) is 3.31. The molecule has 0 saturated heterocycles. The van der Waals surface area contributed by atoms with Gasteiger partial charge in [0.15, 0.2) is 0 Å². The van der Waals surface area contributed by atoms with Crippen LogP contribution in [0.25, 0.3) is 0 Å². The van der Waals surface area contributed by atoms with Gasteiger partial charge in [0.1, 0.15) is 0 Å². The number of aryl methyl sites for hydroxylation is 3. The topological polar surface area (TPSA) is 20.2 Å². The van der Waals surface area contributed by atoms with Gasteiger partial charge in [-0.3, -0.25) is 0 Å². The van der Waals surface area contributed by atoms with E-state index in [1.807, 2.05) is 6.07 Å². The van der Waals surface area contributed by atoms with Crippen LogP contribution in [0.5, 0.6) is 0 Å². The Morgan fingerprint density at radius 3 is 2.70 bits per heavy atom. The maximum absolute atomic E-state index is 10.9. The van der Waals surface area contributed by atoms with Crippen molar-refractivity contribution in [3.05, 3.63) is 70.8 Å². The summed E-state index contributed by atoms with van der Waals surface area (Å²) in [6.45, 7) is 2.10. The molecule has 1 aliphatic rings. The lowest BCUT2D eigenvalue weighted by molar-refractivity contribution is 0.0275. The first-order valence-corrected chi connectivity index (χ1v) is 7.54. The molecule has 1 atom stereocenters. The Labute approximate surface area is 121 Å². The Balaban J connectivity index is 1.68. The molecule has 0 aliphatic heterocycles. The van der Waals surface area contributed by atoms with Crippen LogP contribution >= 0.6 is 0 Å². The highest BCUT2D eigenvalue weighted by Gasteiger charge is 2.35. The third kappa shape index (κ3) is 2.64. The van der Waals surface area contributed by atoms with Crippen molar-refractivity contribution in [2.75, 3.05) is 0 Å². The van der Waals surface area contributed by atoms with Crippen LogP contribution in [-0.4, -0.2) is 5.11 Å². The predicted molar refractivity (Wildman–Crippen MR) is 82.8 cm³/mol. The lowest BCUT2D eigenvalue weighted by atomic mass is 9.89. The average Bonchev–Trinajstić information content (AvgIpc) is 2.78. The van der Waals surface area contributed by atoms with Crippen molar-refractivity contribution >= 4 is 0 Å². The number of fused-ring (bicyclic) bond motifs is 1. The van der Waals surface area contributed by atoms with Crippen molar-refractivity contribution in [3.8, 4) is 0 Å². The van der Waals surface area contributed by atoms with E-state index in [1.165, 1.54) is 22.3 Å². The molecule has 1 heteroatoms. The first-order chi connectivity index (χ1) is 9.67. The predicted octanol–water partition coefficient (Wildman–Crippen LogP) is 4.15. The van der Waals surface area contributed by atoms with E-state index in [0.29, 0.717) is 0 Å². The summed E-state index contributed by atoms with van der Waals surface area (Å²) in [5.41, 5.74) is 4.50. The van der Waals surface area contributed by atoms with Crippen molar-refractivity contribution in [3.63, 3.8) is 0 Å². The summed E-state index contributed by atoms with van der Waals surface area (Å²) in [5.74, 6) is 0. The van der Waals surface area contributed by atoms with Crippen LogP contribution in [0.2, 0.25) is 0 Å². The van der Waals surface area contributed by atoms with Gasteiger partial charge in [0.05, 0.1) is 5.60 Å². The Kier molecular flexibility index (Phi) is 3.62. The van der Waals surface area contributed by atoms with Crippen molar-refractivity contribution in [2.24, 2.45) is 0 Å². The zero-order valence-corrected chi connectivity index (χ0v) is 12.1. The van der Waals surface area contributed by atoms with Crippen LogP contribution in [0.1, 0.15) is 41.5 Å². The molecular formula is C19H22O. The fraction of sp³-hybridized carbons (Fsp3) is 0.368. The second-order valence-electron chi connectivity index (χ2n) is 6.03. The number of hydrogen-bond acceptors (Lipinski definition) is 1. The molecule has 0 bridgehead atoms. The van der Waals surface area contributed by atoms with Gasteiger partial charge in [0.2, 0.25) is 0 Å². The summed E-state index contributed by atoms with van der Waals surface area (Å²) in [6, 6.07) is 17.0. The van der Waals surface area contributed by atoms with Crippen LogP contribution in [0.15, 0.2) is 48.5 Å². The number of hydrogen-bond donors (Lipinski definition) is 1. The van der Waals surface area contributed by atoms with Crippen molar-refractivity contribution in [1.82, 2.24) is 0 Å². The highest BCUT2D eigenvalue weighted by atomic mass is 16.3. The van der Waals surface area contributed by atoms with Crippen molar-refractivity contribution < 1.29 is 5.11 Å². The monoisotopic (exact) mass is 266 g/mol. The standard InChI is InChI=1S/C19H22O/c1-15-9-10-17-11-13-19(20,18(17)14-15)12-5-8-16-6-3-2-4-7-16/h2-4,6-7,9-10,14,20H,5,8,11-13H2,1H3. The van der Waals surface area contributed by atoms with E-state index in [9.17, 15) is 5.11 Å². The van der Waals surface area contributed by atoms with Crippen molar-refractivity contribution in [2.45, 2.75) is 44.6 Å². The van der Waals surface area contributed by atoms with E-state index >= 15 is 0 Å². The third-order valence-electron chi connectivity index (χ3n) is 4.47. The van der Waals surface area contributed by atoms with Crippen LogP contribution in [0.4, 0.5) is 0 Å². The normalized spacial score (nSPS) is 20.9. The average molecular weight is 266 g/mol. The van der Waals surface area contributed by atoms with Gasteiger partial charge >= 0.3 is 0 Å². The summed E-state index contributed by atoms with van der Waals surface area (Å²) in [7, 11) is 0. The van der Waals surface area contributed by atoms with Crippen LogP contribution < -0.4 is 0 Å². The molecule has 0 aromatic heterocycles. The number of rotatable bonds is 4. The summed E-state index contributed by atoms with van der Waals surface area (Å²) >= 11 is 0. The molecule has 1 nitrogen and oxygen atoms in total. The molecule has 0 saturated carbocycles. The SMILES string of the molecule is Cc1ccc2c(c1)C(O)(CCCc1ccccc1)CC2. The van der Waals surface area contributed by atoms with Crippen LogP contribution in [0, 0.1) is 6.92 Å². The largest absolute Gasteiger partial charge is 0.385 e. The minimum atomic E-state index is -0.601. The Morgan fingerprint density at radius 2 is 1.90 bits per heavy atom. The van der Waals surface area contributed by atoms with Crippen molar-refractivity contribution in [1.29, 1.82) is 0 Å². The highest BCUT2D eigenvalue weighted by molar-refractivity contribution is 5.39.